The Hall–Kier alpha value is -2.37. The molecule has 1 saturated heterocycles. The van der Waals surface area contributed by atoms with Gasteiger partial charge in [-0.15, -0.1) is 0 Å². The number of carbonyl (C=O) groups is 1. The number of nitrogens with one attached hydrogen (secondary N) is 1. The van der Waals surface area contributed by atoms with Crippen molar-refractivity contribution >= 4 is 33.2 Å². The Balaban J connectivity index is 1.86. The van der Waals surface area contributed by atoms with E-state index in [0.29, 0.717) is 12.8 Å². The highest BCUT2D eigenvalue weighted by atomic mass is 35.5. The number of benzene rings is 2. The van der Waals surface area contributed by atoms with Gasteiger partial charge < -0.3 is 10.1 Å². The van der Waals surface area contributed by atoms with Crippen LogP contribution in [0.15, 0.2) is 41.3 Å². The van der Waals surface area contributed by atoms with E-state index in [1.54, 1.807) is 0 Å². The van der Waals surface area contributed by atoms with Gasteiger partial charge in [-0.2, -0.15) is 17.5 Å². The average molecular weight is 495 g/mol. The third-order valence-corrected chi connectivity index (χ3v) is 6.86. The summed E-state index contributed by atoms with van der Waals surface area (Å²) in [6, 6.07) is 6.44. The van der Waals surface area contributed by atoms with E-state index in [9.17, 15) is 30.8 Å². The molecule has 3 rings (SSSR count). The SMILES string of the molecule is O=C(Nc1cc(Cl)ccc1OCC(F)(F)F)c1ccc(F)c(S(=O)(=O)N2CCCCC2)c1. The van der Waals surface area contributed by atoms with Crippen molar-refractivity contribution < 1.29 is 35.5 Å². The molecule has 0 bridgehead atoms. The largest absolute Gasteiger partial charge is 0.482 e. The van der Waals surface area contributed by atoms with Gasteiger partial charge in [-0.25, -0.2) is 12.8 Å². The molecule has 1 N–H and O–H groups in total. The van der Waals surface area contributed by atoms with Crippen molar-refractivity contribution in [3.05, 3.63) is 52.8 Å². The Morgan fingerprint density at radius 1 is 1.09 bits per heavy atom. The van der Waals surface area contributed by atoms with Crippen LogP contribution in [0.2, 0.25) is 5.02 Å². The number of hydrogen-bond donors (Lipinski definition) is 1. The molecule has 1 heterocycles. The third-order valence-electron chi connectivity index (χ3n) is 4.71. The fraction of sp³-hybridized carbons (Fsp3) is 0.350. The molecular weight excluding hydrogens is 476 g/mol. The summed E-state index contributed by atoms with van der Waals surface area (Å²) in [4.78, 5) is 12.0. The van der Waals surface area contributed by atoms with E-state index in [-0.39, 0.29) is 35.1 Å². The van der Waals surface area contributed by atoms with E-state index in [4.69, 9.17) is 16.3 Å². The Bertz CT molecular complexity index is 1100. The normalized spacial score (nSPS) is 15.4. The summed E-state index contributed by atoms with van der Waals surface area (Å²) in [5, 5.41) is 2.45. The summed E-state index contributed by atoms with van der Waals surface area (Å²) in [6.45, 7) is -1.09. The van der Waals surface area contributed by atoms with Crippen molar-refractivity contribution in [1.82, 2.24) is 4.31 Å². The molecule has 12 heteroatoms. The quantitative estimate of drug-likeness (QED) is 0.583. The van der Waals surface area contributed by atoms with Gasteiger partial charge in [0.25, 0.3) is 5.91 Å². The number of alkyl halides is 3. The zero-order chi connectivity index (χ0) is 23.5. The summed E-state index contributed by atoms with van der Waals surface area (Å²) < 4.78 is 83.4. The Kier molecular flexibility index (Phi) is 7.31. The van der Waals surface area contributed by atoms with Crippen molar-refractivity contribution in [3.63, 3.8) is 0 Å². The maximum Gasteiger partial charge on any atom is 0.422 e. The van der Waals surface area contributed by atoms with Crippen LogP contribution in [-0.4, -0.2) is 44.5 Å². The van der Waals surface area contributed by atoms with Gasteiger partial charge in [0.1, 0.15) is 16.5 Å². The lowest BCUT2D eigenvalue weighted by molar-refractivity contribution is -0.153. The van der Waals surface area contributed by atoms with Gasteiger partial charge in [0.05, 0.1) is 5.69 Å². The minimum absolute atomic E-state index is 0.118. The van der Waals surface area contributed by atoms with Gasteiger partial charge in [0.2, 0.25) is 10.0 Å². The van der Waals surface area contributed by atoms with Crippen LogP contribution in [-0.2, 0) is 10.0 Å². The maximum absolute atomic E-state index is 14.4. The standard InChI is InChI=1S/C20H19ClF4N2O4S/c21-14-5-7-17(31-12-20(23,24)25)16(11-14)26-19(28)13-4-6-15(22)18(10-13)32(29,30)27-8-2-1-3-9-27/h4-7,10-11H,1-3,8-9,12H2,(H,26,28). The number of ether oxygens (including phenoxy) is 1. The number of rotatable bonds is 6. The lowest BCUT2D eigenvalue weighted by Gasteiger charge is -2.26. The fourth-order valence-electron chi connectivity index (χ4n) is 3.17. The van der Waals surface area contributed by atoms with Crippen LogP contribution in [0.25, 0.3) is 0 Å². The summed E-state index contributed by atoms with van der Waals surface area (Å²) in [5.74, 6) is -2.17. The molecule has 2 aromatic carbocycles. The highest BCUT2D eigenvalue weighted by Crippen LogP contribution is 2.31. The fourth-order valence-corrected chi connectivity index (χ4v) is 4.95. The number of carbonyl (C=O) groups excluding carboxylic acids is 1. The third kappa shape index (κ3) is 5.90. The molecule has 174 valence electrons. The Morgan fingerprint density at radius 3 is 2.44 bits per heavy atom. The van der Waals surface area contributed by atoms with Crippen LogP contribution in [0.4, 0.5) is 23.2 Å². The van der Waals surface area contributed by atoms with E-state index in [2.05, 4.69) is 5.32 Å². The van der Waals surface area contributed by atoms with Gasteiger partial charge in [0.15, 0.2) is 6.61 Å². The molecule has 32 heavy (non-hydrogen) atoms. The average Bonchev–Trinajstić information content (AvgIpc) is 2.73. The highest BCUT2D eigenvalue weighted by molar-refractivity contribution is 7.89. The van der Waals surface area contributed by atoms with Crippen LogP contribution >= 0.6 is 11.6 Å². The van der Waals surface area contributed by atoms with E-state index in [1.165, 1.54) is 12.1 Å². The molecule has 1 amide bonds. The second-order valence-corrected chi connectivity index (χ2v) is 9.45. The number of amides is 1. The lowest BCUT2D eigenvalue weighted by Crippen LogP contribution is -2.36. The smallest absolute Gasteiger partial charge is 0.422 e. The van der Waals surface area contributed by atoms with Crippen LogP contribution in [0.5, 0.6) is 5.75 Å². The van der Waals surface area contributed by atoms with Crippen LogP contribution in [0, 0.1) is 5.82 Å². The van der Waals surface area contributed by atoms with E-state index in [0.717, 1.165) is 35.0 Å². The molecule has 1 aliphatic rings. The molecule has 0 spiro atoms. The molecule has 0 radical (unpaired) electrons. The zero-order valence-electron chi connectivity index (χ0n) is 16.6. The maximum atomic E-state index is 14.4. The molecule has 1 fully saturated rings. The number of hydrogen-bond acceptors (Lipinski definition) is 4. The van der Waals surface area contributed by atoms with Crippen molar-refractivity contribution in [3.8, 4) is 5.75 Å². The number of nitrogens with zero attached hydrogens (tertiary/aromatic N) is 1. The number of piperidine rings is 1. The van der Waals surface area contributed by atoms with Gasteiger partial charge in [0, 0.05) is 23.7 Å². The van der Waals surface area contributed by atoms with Crippen molar-refractivity contribution in [2.75, 3.05) is 25.0 Å². The molecule has 0 unspecified atom stereocenters. The number of anilines is 1. The molecule has 0 atom stereocenters. The number of halogens is 5. The Labute approximate surface area is 187 Å². The van der Waals surface area contributed by atoms with Gasteiger partial charge in [-0.3, -0.25) is 4.79 Å². The molecule has 0 saturated carbocycles. The summed E-state index contributed by atoms with van der Waals surface area (Å²) in [6.07, 6.45) is -2.43. The second-order valence-electron chi connectivity index (χ2n) is 7.11. The zero-order valence-corrected chi connectivity index (χ0v) is 18.2. The first-order chi connectivity index (χ1) is 15.0. The molecule has 2 aromatic rings. The van der Waals surface area contributed by atoms with Gasteiger partial charge >= 0.3 is 6.18 Å². The predicted molar refractivity (Wildman–Crippen MR) is 110 cm³/mol. The number of sulfonamides is 1. The minimum atomic E-state index is -4.60. The molecule has 0 aliphatic carbocycles. The van der Waals surface area contributed by atoms with Crippen LogP contribution < -0.4 is 10.1 Å². The topological polar surface area (TPSA) is 75.7 Å². The monoisotopic (exact) mass is 494 g/mol. The van der Waals surface area contributed by atoms with E-state index in [1.807, 2.05) is 0 Å². The molecule has 0 aromatic heterocycles. The van der Waals surface area contributed by atoms with E-state index >= 15 is 0 Å². The lowest BCUT2D eigenvalue weighted by atomic mass is 10.2. The summed E-state index contributed by atoms with van der Waals surface area (Å²) >= 11 is 5.86. The summed E-state index contributed by atoms with van der Waals surface area (Å²) in [7, 11) is -4.15. The first-order valence-corrected chi connectivity index (χ1v) is 11.4. The second kappa shape index (κ2) is 9.63. The van der Waals surface area contributed by atoms with E-state index < -0.39 is 39.4 Å². The molecular formula is C20H19ClF4N2O4S. The summed E-state index contributed by atoms with van der Waals surface area (Å²) in [5.41, 5.74) is -0.361. The van der Waals surface area contributed by atoms with Crippen molar-refractivity contribution in [2.45, 2.75) is 30.3 Å². The Morgan fingerprint density at radius 2 is 1.78 bits per heavy atom. The molecule has 1 aliphatic heterocycles. The first kappa shape index (κ1) is 24.3. The molecule has 6 nitrogen and oxygen atoms in total. The van der Waals surface area contributed by atoms with Crippen molar-refractivity contribution in [2.24, 2.45) is 0 Å². The highest BCUT2D eigenvalue weighted by Gasteiger charge is 2.30. The minimum Gasteiger partial charge on any atom is -0.482 e. The van der Waals surface area contributed by atoms with Crippen LogP contribution in [0.1, 0.15) is 29.6 Å². The van der Waals surface area contributed by atoms with Gasteiger partial charge in [-0.05, 0) is 49.2 Å². The predicted octanol–water partition coefficient (Wildman–Crippen LogP) is 4.85. The van der Waals surface area contributed by atoms with Gasteiger partial charge in [-0.1, -0.05) is 18.0 Å². The first-order valence-electron chi connectivity index (χ1n) is 9.57. The van der Waals surface area contributed by atoms with Crippen LogP contribution in [0.3, 0.4) is 0 Å². The van der Waals surface area contributed by atoms with Crippen molar-refractivity contribution in [1.29, 1.82) is 0 Å².